The fraction of sp³-hybridized carbons (Fsp3) is 0.533. The maximum atomic E-state index is 12.1. The lowest BCUT2D eigenvalue weighted by Gasteiger charge is -2.24. The summed E-state index contributed by atoms with van der Waals surface area (Å²) in [4.78, 5) is 15.8. The van der Waals surface area contributed by atoms with Crippen LogP contribution in [-0.4, -0.2) is 58.5 Å². The summed E-state index contributed by atoms with van der Waals surface area (Å²) in [7, 11) is 5.53. The Morgan fingerprint density at radius 3 is 2.30 bits per heavy atom. The number of hydrogen-bond donors (Lipinski definition) is 0. The van der Waals surface area contributed by atoms with Crippen molar-refractivity contribution in [1.82, 2.24) is 4.90 Å². The Morgan fingerprint density at radius 1 is 1.10 bits per heavy atom. The summed E-state index contributed by atoms with van der Waals surface area (Å²) in [6, 6.07) is 7.84. The van der Waals surface area contributed by atoms with E-state index in [2.05, 4.69) is 0 Å². The summed E-state index contributed by atoms with van der Waals surface area (Å²) in [6.07, 6.45) is -0.340. The van der Waals surface area contributed by atoms with Crippen molar-refractivity contribution in [1.29, 1.82) is 0 Å². The van der Waals surface area contributed by atoms with Crippen LogP contribution in [0.2, 0.25) is 0 Å². The second kappa shape index (κ2) is 8.55. The number of likely N-dealkylation sites (N-methyl/N-ethyl adjacent to an activating group) is 1. The molecule has 0 unspecified atom stereocenters. The molecule has 0 spiro atoms. The number of carbonyl (C=O) groups excluding carboxylic acids is 1. The lowest BCUT2D eigenvalue weighted by atomic mass is 10.2. The van der Waals surface area contributed by atoms with Gasteiger partial charge in [0.1, 0.15) is 6.61 Å². The van der Waals surface area contributed by atoms with Crippen molar-refractivity contribution in [3.63, 3.8) is 0 Å². The molecule has 0 saturated carbocycles. The van der Waals surface area contributed by atoms with Crippen LogP contribution in [0.15, 0.2) is 24.3 Å². The Morgan fingerprint density at radius 2 is 1.75 bits per heavy atom. The average Bonchev–Trinajstić information content (AvgIpc) is 2.41. The molecule has 0 N–H and O–H groups in total. The predicted octanol–water partition coefficient (Wildman–Crippen LogP) is 2.15. The first-order valence-corrected chi connectivity index (χ1v) is 6.69. The molecule has 1 aromatic carbocycles. The molecular weight excluding hydrogens is 256 g/mol. The molecule has 0 heterocycles. The Bertz CT molecular complexity index is 404. The Labute approximate surface area is 121 Å². The van der Waals surface area contributed by atoms with E-state index in [-0.39, 0.29) is 12.7 Å². The molecule has 1 aromatic rings. The van der Waals surface area contributed by atoms with E-state index >= 15 is 0 Å². The number of nitrogens with zero attached hydrogens (tertiary/aromatic N) is 2. The minimum absolute atomic E-state index is 0.264. The largest absolute Gasteiger partial charge is 0.447 e. The first kappa shape index (κ1) is 16.5. The SMILES string of the molecule is COCCOC(=O)N(CCN(C)C)c1ccc(C)cc1. The molecule has 112 valence electrons. The second-order valence-corrected chi connectivity index (χ2v) is 4.90. The Hall–Kier alpha value is -1.59. The highest BCUT2D eigenvalue weighted by molar-refractivity contribution is 5.87. The highest BCUT2D eigenvalue weighted by atomic mass is 16.6. The van der Waals surface area contributed by atoms with E-state index in [4.69, 9.17) is 9.47 Å². The van der Waals surface area contributed by atoms with E-state index < -0.39 is 0 Å². The summed E-state index contributed by atoms with van der Waals surface area (Å²) in [6.45, 7) is 4.04. The smallest absolute Gasteiger partial charge is 0.414 e. The monoisotopic (exact) mass is 280 g/mol. The maximum absolute atomic E-state index is 12.1. The molecule has 0 atom stereocenters. The molecule has 0 bridgehead atoms. The molecule has 0 aliphatic rings. The molecule has 0 aliphatic carbocycles. The number of hydrogen-bond acceptors (Lipinski definition) is 4. The molecular formula is C15H24N2O3. The van der Waals surface area contributed by atoms with Crippen molar-refractivity contribution in [3.05, 3.63) is 29.8 Å². The van der Waals surface area contributed by atoms with Crippen molar-refractivity contribution >= 4 is 11.8 Å². The molecule has 5 heteroatoms. The third-order valence-corrected chi connectivity index (χ3v) is 2.85. The molecule has 1 amide bonds. The van der Waals surface area contributed by atoms with Crippen molar-refractivity contribution in [2.45, 2.75) is 6.92 Å². The normalized spacial score (nSPS) is 10.7. The van der Waals surface area contributed by atoms with Crippen molar-refractivity contribution in [3.8, 4) is 0 Å². The van der Waals surface area contributed by atoms with Crippen LogP contribution in [0.4, 0.5) is 10.5 Å². The quantitative estimate of drug-likeness (QED) is 0.718. The minimum atomic E-state index is -0.340. The molecule has 0 radical (unpaired) electrons. The fourth-order valence-corrected chi connectivity index (χ4v) is 1.64. The van der Waals surface area contributed by atoms with Gasteiger partial charge in [0.25, 0.3) is 0 Å². The highest BCUT2D eigenvalue weighted by Gasteiger charge is 2.17. The zero-order valence-electron chi connectivity index (χ0n) is 12.8. The third-order valence-electron chi connectivity index (χ3n) is 2.85. The summed E-state index contributed by atoms with van der Waals surface area (Å²) >= 11 is 0. The van der Waals surface area contributed by atoms with Crippen molar-refractivity contribution < 1.29 is 14.3 Å². The number of anilines is 1. The van der Waals surface area contributed by atoms with Gasteiger partial charge in [0, 0.05) is 25.9 Å². The van der Waals surface area contributed by atoms with E-state index in [0.717, 1.165) is 17.8 Å². The number of benzene rings is 1. The van der Waals surface area contributed by atoms with Crippen molar-refractivity contribution in [2.75, 3.05) is 52.4 Å². The van der Waals surface area contributed by atoms with Crippen molar-refractivity contribution in [2.24, 2.45) is 0 Å². The highest BCUT2D eigenvalue weighted by Crippen LogP contribution is 2.16. The van der Waals surface area contributed by atoms with E-state index in [1.807, 2.05) is 50.2 Å². The van der Waals surface area contributed by atoms with Gasteiger partial charge in [-0.3, -0.25) is 4.90 Å². The van der Waals surface area contributed by atoms with Crippen LogP contribution in [0.3, 0.4) is 0 Å². The van der Waals surface area contributed by atoms with E-state index in [1.165, 1.54) is 0 Å². The lowest BCUT2D eigenvalue weighted by molar-refractivity contribution is 0.103. The average molecular weight is 280 g/mol. The minimum Gasteiger partial charge on any atom is -0.447 e. The number of aryl methyl sites for hydroxylation is 1. The Balaban J connectivity index is 2.73. The van der Waals surface area contributed by atoms with Gasteiger partial charge in [0.15, 0.2) is 0 Å². The number of rotatable bonds is 7. The topological polar surface area (TPSA) is 42.0 Å². The van der Waals surface area contributed by atoms with Gasteiger partial charge in [0.2, 0.25) is 0 Å². The summed E-state index contributed by atoms with van der Waals surface area (Å²) in [5.74, 6) is 0. The van der Waals surface area contributed by atoms with Gasteiger partial charge in [-0.25, -0.2) is 4.79 Å². The standard InChI is InChI=1S/C15H24N2O3/c1-13-5-7-14(8-6-13)17(10-9-16(2)3)15(18)20-12-11-19-4/h5-8H,9-12H2,1-4H3. The Kier molecular flexibility index (Phi) is 7.04. The summed E-state index contributed by atoms with van der Waals surface area (Å²) < 4.78 is 10.1. The van der Waals surface area contributed by atoms with Crippen LogP contribution in [0, 0.1) is 6.92 Å². The van der Waals surface area contributed by atoms with E-state index in [1.54, 1.807) is 12.0 Å². The summed E-state index contributed by atoms with van der Waals surface area (Å²) in [5.41, 5.74) is 2.01. The van der Waals surface area contributed by atoms with Crippen LogP contribution in [0.1, 0.15) is 5.56 Å². The molecule has 1 rings (SSSR count). The first-order chi connectivity index (χ1) is 9.54. The van der Waals surface area contributed by atoms with Gasteiger partial charge in [-0.05, 0) is 33.2 Å². The maximum Gasteiger partial charge on any atom is 0.414 e. The zero-order valence-corrected chi connectivity index (χ0v) is 12.8. The van der Waals surface area contributed by atoms with Gasteiger partial charge < -0.3 is 14.4 Å². The van der Waals surface area contributed by atoms with Gasteiger partial charge in [-0.1, -0.05) is 17.7 Å². The molecule has 5 nitrogen and oxygen atoms in total. The fourth-order valence-electron chi connectivity index (χ4n) is 1.64. The van der Waals surface area contributed by atoms with Crippen LogP contribution in [-0.2, 0) is 9.47 Å². The van der Waals surface area contributed by atoms with Crippen LogP contribution >= 0.6 is 0 Å². The molecule has 0 saturated heterocycles. The first-order valence-electron chi connectivity index (χ1n) is 6.69. The third kappa shape index (κ3) is 5.59. The number of amides is 1. The molecule has 0 aliphatic heterocycles. The predicted molar refractivity (Wildman–Crippen MR) is 80.3 cm³/mol. The van der Waals surface area contributed by atoms with Gasteiger partial charge >= 0.3 is 6.09 Å². The van der Waals surface area contributed by atoms with Gasteiger partial charge in [-0.15, -0.1) is 0 Å². The van der Waals surface area contributed by atoms with Gasteiger partial charge in [-0.2, -0.15) is 0 Å². The van der Waals surface area contributed by atoms with Gasteiger partial charge in [0.05, 0.1) is 6.61 Å². The molecule has 0 fully saturated rings. The summed E-state index contributed by atoms with van der Waals surface area (Å²) in [5, 5.41) is 0. The van der Waals surface area contributed by atoms with Crippen LogP contribution in [0.25, 0.3) is 0 Å². The number of methoxy groups -OCH3 is 1. The molecule has 0 aromatic heterocycles. The van der Waals surface area contributed by atoms with Crippen LogP contribution < -0.4 is 4.90 Å². The lowest BCUT2D eigenvalue weighted by Crippen LogP contribution is -2.37. The second-order valence-electron chi connectivity index (χ2n) is 4.90. The number of carbonyl (C=O) groups is 1. The molecule has 20 heavy (non-hydrogen) atoms. The van der Waals surface area contributed by atoms with E-state index in [9.17, 15) is 4.79 Å². The zero-order chi connectivity index (χ0) is 15.0. The number of ether oxygens (including phenoxy) is 2. The van der Waals surface area contributed by atoms with Crippen LogP contribution in [0.5, 0.6) is 0 Å². The van der Waals surface area contributed by atoms with E-state index in [0.29, 0.717) is 13.2 Å².